The highest BCUT2D eigenvalue weighted by Gasteiger charge is 2.03. The topological polar surface area (TPSA) is 50.7 Å². The molecule has 88 valence electrons. The van der Waals surface area contributed by atoms with Crippen molar-refractivity contribution >= 4 is 12.2 Å². The lowest BCUT2D eigenvalue weighted by Crippen LogP contribution is -2.26. The third kappa shape index (κ3) is 2.65. The minimum atomic E-state index is -0.313. The van der Waals surface area contributed by atoms with Crippen molar-refractivity contribution < 1.29 is 4.39 Å². The minimum absolute atomic E-state index is 0.169. The molecular formula is C11H10FN3OS. The fourth-order valence-electron chi connectivity index (χ4n) is 1.50. The first-order valence-corrected chi connectivity index (χ1v) is 5.39. The van der Waals surface area contributed by atoms with Crippen molar-refractivity contribution in [1.82, 2.24) is 14.5 Å². The van der Waals surface area contributed by atoms with Gasteiger partial charge in [-0.1, -0.05) is 12.1 Å². The zero-order valence-electron chi connectivity index (χ0n) is 9.11. The van der Waals surface area contributed by atoms with Crippen LogP contribution in [0.4, 0.5) is 4.39 Å². The molecule has 2 rings (SSSR count). The molecule has 6 heteroatoms. The van der Waals surface area contributed by atoms with E-state index in [0.717, 1.165) is 5.56 Å². The number of hydrogen-bond acceptors (Lipinski definition) is 3. The first kappa shape index (κ1) is 11.7. The van der Waals surface area contributed by atoms with Gasteiger partial charge in [-0.25, -0.2) is 14.2 Å². The van der Waals surface area contributed by atoms with Crippen LogP contribution in [0.5, 0.6) is 0 Å². The third-order valence-electron chi connectivity index (χ3n) is 2.37. The molecule has 1 N–H and O–H groups in total. The molecule has 0 aliphatic carbocycles. The SMILES string of the molecule is Cc1nc(=S)[nH]c(=O)n1Cc1ccc(F)cc1. The summed E-state index contributed by atoms with van der Waals surface area (Å²) in [5.74, 6) is 0.228. The van der Waals surface area contributed by atoms with Crippen LogP contribution in [0.2, 0.25) is 0 Å². The lowest BCUT2D eigenvalue weighted by atomic mass is 10.2. The molecule has 2 aromatic rings. The molecule has 0 bridgehead atoms. The van der Waals surface area contributed by atoms with Crippen LogP contribution in [-0.2, 0) is 6.54 Å². The quantitative estimate of drug-likeness (QED) is 0.828. The number of benzene rings is 1. The summed E-state index contributed by atoms with van der Waals surface area (Å²) < 4.78 is 14.4. The van der Waals surface area contributed by atoms with Crippen molar-refractivity contribution in [3.8, 4) is 0 Å². The number of aromatic nitrogens is 3. The first-order valence-electron chi connectivity index (χ1n) is 4.98. The molecule has 0 saturated heterocycles. The van der Waals surface area contributed by atoms with Crippen molar-refractivity contribution in [2.75, 3.05) is 0 Å². The summed E-state index contributed by atoms with van der Waals surface area (Å²) in [6.07, 6.45) is 0. The van der Waals surface area contributed by atoms with E-state index in [-0.39, 0.29) is 16.3 Å². The van der Waals surface area contributed by atoms with E-state index in [4.69, 9.17) is 12.2 Å². The molecule has 0 unspecified atom stereocenters. The van der Waals surface area contributed by atoms with Gasteiger partial charge in [0.15, 0.2) is 0 Å². The van der Waals surface area contributed by atoms with Crippen molar-refractivity contribution in [3.63, 3.8) is 0 Å². The van der Waals surface area contributed by atoms with Crippen LogP contribution in [0.1, 0.15) is 11.4 Å². The van der Waals surface area contributed by atoms with Crippen molar-refractivity contribution in [2.45, 2.75) is 13.5 Å². The van der Waals surface area contributed by atoms with Gasteiger partial charge in [0.1, 0.15) is 11.6 Å². The van der Waals surface area contributed by atoms with E-state index in [2.05, 4.69) is 9.97 Å². The Morgan fingerprint density at radius 3 is 2.65 bits per heavy atom. The first-order chi connectivity index (χ1) is 8.06. The predicted molar refractivity (Wildman–Crippen MR) is 63.9 cm³/mol. The lowest BCUT2D eigenvalue weighted by molar-refractivity contribution is 0.623. The minimum Gasteiger partial charge on any atom is -0.282 e. The maximum atomic E-state index is 12.7. The van der Waals surface area contributed by atoms with Gasteiger partial charge in [-0.3, -0.25) is 9.55 Å². The van der Waals surface area contributed by atoms with Gasteiger partial charge in [-0.2, -0.15) is 0 Å². The number of hydrogen-bond donors (Lipinski definition) is 1. The summed E-state index contributed by atoms with van der Waals surface area (Å²) in [6.45, 7) is 2.04. The van der Waals surface area contributed by atoms with E-state index in [0.29, 0.717) is 12.4 Å². The second kappa shape index (κ2) is 4.58. The average Bonchev–Trinajstić information content (AvgIpc) is 2.26. The normalized spacial score (nSPS) is 10.5. The van der Waals surface area contributed by atoms with Gasteiger partial charge in [-0.15, -0.1) is 0 Å². The molecule has 0 atom stereocenters. The fraction of sp³-hybridized carbons (Fsp3) is 0.182. The van der Waals surface area contributed by atoms with Crippen LogP contribution in [0.3, 0.4) is 0 Å². The Hall–Kier alpha value is -1.82. The van der Waals surface area contributed by atoms with E-state index in [1.54, 1.807) is 19.1 Å². The molecule has 0 aliphatic rings. The molecule has 0 fully saturated rings. The van der Waals surface area contributed by atoms with Crippen LogP contribution in [-0.4, -0.2) is 14.5 Å². The zero-order chi connectivity index (χ0) is 12.4. The summed E-state index contributed by atoms with van der Waals surface area (Å²) in [7, 11) is 0. The molecule has 4 nitrogen and oxygen atoms in total. The number of nitrogens with zero attached hydrogens (tertiary/aromatic N) is 2. The number of aromatic amines is 1. The summed E-state index contributed by atoms with van der Waals surface area (Å²) in [5, 5.41) is 0. The average molecular weight is 251 g/mol. The summed E-state index contributed by atoms with van der Waals surface area (Å²) in [4.78, 5) is 18.1. The molecule has 1 aromatic carbocycles. The Balaban J connectivity index is 2.40. The smallest absolute Gasteiger partial charge is 0.282 e. The highest BCUT2D eigenvalue weighted by Crippen LogP contribution is 2.04. The molecule has 0 spiro atoms. The van der Waals surface area contributed by atoms with Gasteiger partial charge in [0.05, 0.1) is 6.54 Å². The number of aryl methyl sites for hydroxylation is 1. The van der Waals surface area contributed by atoms with E-state index >= 15 is 0 Å². The fourth-order valence-corrected chi connectivity index (χ4v) is 1.72. The van der Waals surface area contributed by atoms with Crippen LogP contribution >= 0.6 is 12.2 Å². The molecule has 0 amide bonds. The molecule has 1 heterocycles. The Labute approximate surface area is 102 Å². The highest BCUT2D eigenvalue weighted by atomic mass is 32.1. The van der Waals surface area contributed by atoms with E-state index in [9.17, 15) is 9.18 Å². The Bertz CT molecular complexity index is 645. The van der Waals surface area contributed by atoms with E-state index in [1.165, 1.54) is 16.7 Å². The molecule has 0 saturated carbocycles. The van der Waals surface area contributed by atoms with Crippen LogP contribution in [0.15, 0.2) is 29.1 Å². The maximum absolute atomic E-state index is 12.7. The third-order valence-corrected chi connectivity index (χ3v) is 2.56. The molecule has 0 aliphatic heterocycles. The highest BCUT2D eigenvalue weighted by molar-refractivity contribution is 7.71. The number of halogens is 1. The second-order valence-corrected chi connectivity index (χ2v) is 3.99. The predicted octanol–water partition coefficient (Wildman–Crippen LogP) is 1.80. The number of H-pyrrole nitrogens is 1. The molecular weight excluding hydrogens is 241 g/mol. The Kier molecular flexibility index (Phi) is 3.14. The van der Waals surface area contributed by atoms with Crippen molar-refractivity contribution in [2.24, 2.45) is 0 Å². The van der Waals surface area contributed by atoms with Gasteiger partial charge in [0.25, 0.3) is 0 Å². The molecule has 17 heavy (non-hydrogen) atoms. The monoisotopic (exact) mass is 251 g/mol. The van der Waals surface area contributed by atoms with Crippen molar-refractivity contribution in [3.05, 3.63) is 56.7 Å². The van der Waals surface area contributed by atoms with E-state index in [1.807, 2.05) is 0 Å². The maximum Gasteiger partial charge on any atom is 0.329 e. The Morgan fingerprint density at radius 2 is 2.06 bits per heavy atom. The number of nitrogens with one attached hydrogen (secondary N) is 1. The van der Waals surface area contributed by atoms with Crippen LogP contribution in [0.25, 0.3) is 0 Å². The van der Waals surface area contributed by atoms with Gasteiger partial charge >= 0.3 is 5.69 Å². The van der Waals surface area contributed by atoms with Gasteiger partial charge in [0, 0.05) is 0 Å². The van der Waals surface area contributed by atoms with Crippen molar-refractivity contribution in [1.29, 1.82) is 0 Å². The Morgan fingerprint density at radius 1 is 1.41 bits per heavy atom. The standard InChI is InChI=1S/C11H10FN3OS/c1-7-13-10(17)14-11(16)15(7)6-8-2-4-9(12)5-3-8/h2-5H,6H2,1H3,(H,14,16,17). The second-order valence-electron chi connectivity index (χ2n) is 3.61. The van der Waals surface area contributed by atoms with E-state index < -0.39 is 0 Å². The largest absolute Gasteiger partial charge is 0.329 e. The van der Waals surface area contributed by atoms with Gasteiger partial charge in [0.2, 0.25) is 4.77 Å². The summed E-state index contributed by atoms with van der Waals surface area (Å²) >= 11 is 4.80. The molecule has 1 aromatic heterocycles. The van der Waals surface area contributed by atoms with Gasteiger partial charge < -0.3 is 0 Å². The molecule has 0 radical (unpaired) electrons. The van der Waals surface area contributed by atoms with Gasteiger partial charge in [-0.05, 0) is 36.8 Å². The van der Waals surface area contributed by atoms with Crippen LogP contribution in [0, 0.1) is 17.5 Å². The summed E-state index contributed by atoms with van der Waals surface area (Å²) in [5.41, 5.74) is 0.510. The lowest BCUT2D eigenvalue weighted by Gasteiger charge is -2.07. The number of rotatable bonds is 2. The summed E-state index contributed by atoms with van der Waals surface area (Å²) in [6, 6.07) is 5.97. The van der Waals surface area contributed by atoms with Crippen LogP contribution < -0.4 is 5.69 Å². The zero-order valence-corrected chi connectivity index (χ0v) is 9.92.